The molecule has 92 valence electrons. The minimum absolute atomic E-state index is 0.0236. The van der Waals surface area contributed by atoms with Crippen molar-refractivity contribution < 1.29 is 14.3 Å². The fourth-order valence-electron chi connectivity index (χ4n) is 2.56. The average molecular weight is 226 g/mol. The molecule has 3 nitrogen and oxygen atoms in total. The largest absolute Gasteiger partial charge is 0.458 e. The fraction of sp³-hybridized carbons (Fsp3) is 0.846. The Morgan fingerprint density at radius 3 is 2.25 bits per heavy atom. The Kier molecular flexibility index (Phi) is 3.46. The summed E-state index contributed by atoms with van der Waals surface area (Å²) >= 11 is 0. The highest BCUT2D eigenvalue weighted by Crippen LogP contribution is 2.56. The van der Waals surface area contributed by atoms with Crippen LogP contribution in [-0.2, 0) is 14.3 Å². The molecule has 16 heavy (non-hydrogen) atoms. The minimum Gasteiger partial charge on any atom is -0.458 e. The van der Waals surface area contributed by atoms with Crippen LogP contribution in [0.4, 0.5) is 0 Å². The van der Waals surface area contributed by atoms with E-state index in [9.17, 15) is 9.59 Å². The van der Waals surface area contributed by atoms with Crippen LogP contribution in [0.25, 0.3) is 0 Å². The van der Waals surface area contributed by atoms with Crippen LogP contribution in [0.2, 0.25) is 0 Å². The van der Waals surface area contributed by atoms with Gasteiger partial charge in [0.2, 0.25) is 0 Å². The van der Waals surface area contributed by atoms with Crippen molar-refractivity contribution in [2.24, 2.45) is 16.7 Å². The van der Waals surface area contributed by atoms with Crippen molar-refractivity contribution >= 4 is 11.8 Å². The van der Waals surface area contributed by atoms with Crippen LogP contribution in [-0.4, -0.2) is 18.4 Å². The van der Waals surface area contributed by atoms with Crippen LogP contribution in [0.15, 0.2) is 0 Å². The number of ketones is 1. The van der Waals surface area contributed by atoms with Crippen LogP contribution in [0, 0.1) is 16.7 Å². The van der Waals surface area contributed by atoms with E-state index in [1.807, 2.05) is 6.92 Å². The van der Waals surface area contributed by atoms with Gasteiger partial charge >= 0.3 is 5.97 Å². The predicted molar refractivity (Wildman–Crippen MR) is 61.9 cm³/mol. The third-order valence-electron chi connectivity index (χ3n) is 4.75. The predicted octanol–water partition coefficient (Wildman–Crippen LogP) is 2.58. The third kappa shape index (κ3) is 2.00. The van der Waals surface area contributed by atoms with E-state index in [2.05, 4.69) is 20.8 Å². The molecule has 0 amide bonds. The van der Waals surface area contributed by atoms with E-state index in [1.54, 1.807) is 0 Å². The van der Waals surface area contributed by atoms with Crippen LogP contribution >= 0.6 is 0 Å². The maximum Gasteiger partial charge on any atom is 0.303 e. The smallest absolute Gasteiger partial charge is 0.303 e. The van der Waals surface area contributed by atoms with Crippen molar-refractivity contribution in [2.75, 3.05) is 6.61 Å². The summed E-state index contributed by atoms with van der Waals surface area (Å²) in [6, 6.07) is 0. The van der Waals surface area contributed by atoms with Gasteiger partial charge in [-0.25, -0.2) is 0 Å². The highest BCUT2D eigenvalue weighted by atomic mass is 16.5. The van der Waals surface area contributed by atoms with Crippen molar-refractivity contribution in [1.82, 2.24) is 0 Å². The quantitative estimate of drug-likeness (QED) is 0.695. The summed E-state index contributed by atoms with van der Waals surface area (Å²) in [7, 11) is 0. The van der Waals surface area contributed by atoms with Crippen molar-refractivity contribution in [1.29, 1.82) is 0 Å². The van der Waals surface area contributed by atoms with E-state index >= 15 is 0 Å². The molecular formula is C13H22O3. The number of rotatable bonds is 3. The minimum atomic E-state index is -0.388. The average Bonchev–Trinajstić information content (AvgIpc) is 2.39. The molecule has 0 N–H and O–H groups in total. The molecule has 0 radical (unpaired) electrons. The van der Waals surface area contributed by atoms with Gasteiger partial charge in [0.25, 0.3) is 0 Å². The Labute approximate surface area is 97.5 Å². The summed E-state index contributed by atoms with van der Waals surface area (Å²) in [4.78, 5) is 22.9. The van der Waals surface area contributed by atoms with E-state index in [4.69, 9.17) is 4.74 Å². The summed E-state index contributed by atoms with van der Waals surface area (Å²) in [5.74, 6) is 0.191. The van der Waals surface area contributed by atoms with Crippen LogP contribution < -0.4 is 0 Å². The normalized spacial score (nSPS) is 32.4. The van der Waals surface area contributed by atoms with Gasteiger partial charge in [-0.15, -0.1) is 0 Å². The highest BCUT2D eigenvalue weighted by Gasteiger charge is 2.53. The Bertz CT molecular complexity index is 306. The second kappa shape index (κ2) is 4.19. The molecule has 1 fully saturated rings. The second-order valence-corrected chi connectivity index (χ2v) is 5.70. The van der Waals surface area contributed by atoms with Crippen LogP contribution in [0.5, 0.6) is 0 Å². The number of esters is 1. The molecule has 0 aromatic carbocycles. The lowest BCUT2D eigenvalue weighted by Crippen LogP contribution is -2.42. The lowest BCUT2D eigenvalue weighted by molar-refractivity contribution is -0.151. The number of carbonyl (C=O) groups is 2. The van der Waals surface area contributed by atoms with Crippen LogP contribution in [0.3, 0.4) is 0 Å². The first-order chi connectivity index (χ1) is 7.22. The molecule has 1 aliphatic carbocycles. The van der Waals surface area contributed by atoms with Gasteiger partial charge in [-0.3, -0.25) is 9.59 Å². The third-order valence-corrected chi connectivity index (χ3v) is 4.75. The van der Waals surface area contributed by atoms with E-state index in [0.717, 1.165) is 12.8 Å². The zero-order valence-corrected chi connectivity index (χ0v) is 10.9. The second-order valence-electron chi connectivity index (χ2n) is 5.70. The van der Waals surface area contributed by atoms with Gasteiger partial charge in [0.1, 0.15) is 0 Å². The lowest BCUT2D eigenvalue weighted by atomic mass is 9.64. The van der Waals surface area contributed by atoms with Gasteiger partial charge in [0.15, 0.2) is 12.4 Å². The zero-order valence-electron chi connectivity index (χ0n) is 10.9. The molecule has 0 bridgehead atoms. The molecule has 0 saturated heterocycles. The van der Waals surface area contributed by atoms with Gasteiger partial charge in [-0.1, -0.05) is 27.7 Å². The summed E-state index contributed by atoms with van der Waals surface area (Å²) in [6.45, 7) is 9.71. The van der Waals surface area contributed by atoms with Crippen molar-refractivity contribution in [3.63, 3.8) is 0 Å². The van der Waals surface area contributed by atoms with Crippen molar-refractivity contribution in [3.05, 3.63) is 0 Å². The van der Waals surface area contributed by atoms with Gasteiger partial charge in [0, 0.05) is 12.3 Å². The Hall–Kier alpha value is -0.860. The van der Waals surface area contributed by atoms with Gasteiger partial charge in [-0.2, -0.15) is 0 Å². The van der Waals surface area contributed by atoms with E-state index in [-0.39, 0.29) is 29.2 Å². The molecule has 0 spiro atoms. The molecule has 1 aliphatic rings. The molecule has 1 saturated carbocycles. The fourth-order valence-corrected chi connectivity index (χ4v) is 2.56. The maximum absolute atomic E-state index is 12.2. The van der Waals surface area contributed by atoms with Crippen LogP contribution in [0.1, 0.15) is 47.5 Å². The lowest BCUT2D eigenvalue weighted by Gasteiger charge is -2.39. The topological polar surface area (TPSA) is 43.4 Å². The Morgan fingerprint density at radius 1 is 1.31 bits per heavy atom. The Balaban J connectivity index is 2.78. The van der Waals surface area contributed by atoms with Gasteiger partial charge in [0.05, 0.1) is 0 Å². The standard InChI is InChI=1S/C13H22O3/c1-9-6-7-13(5,12(9,3)4)11(15)8-16-10(2)14/h9H,6-8H2,1-5H3. The highest BCUT2D eigenvalue weighted by molar-refractivity contribution is 5.88. The van der Waals surface area contributed by atoms with E-state index < -0.39 is 0 Å². The molecule has 0 aromatic rings. The van der Waals surface area contributed by atoms with E-state index in [0.29, 0.717) is 5.92 Å². The van der Waals surface area contributed by atoms with Crippen molar-refractivity contribution in [2.45, 2.75) is 47.5 Å². The molecule has 1 rings (SSSR count). The number of hydrogen-bond donors (Lipinski definition) is 0. The van der Waals surface area contributed by atoms with Gasteiger partial charge < -0.3 is 4.74 Å². The molecule has 0 heterocycles. The van der Waals surface area contributed by atoms with Crippen molar-refractivity contribution in [3.8, 4) is 0 Å². The molecule has 0 aliphatic heterocycles. The molecule has 3 heteroatoms. The number of ether oxygens (including phenoxy) is 1. The molecule has 2 atom stereocenters. The first-order valence-electron chi connectivity index (χ1n) is 5.88. The summed E-state index contributed by atoms with van der Waals surface area (Å²) in [6.07, 6.45) is 1.95. The summed E-state index contributed by atoms with van der Waals surface area (Å²) < 4.78 is 4.82. The number of Topliss-reactive ketones (excluding diaryl/α,β-unsaturated/α-hetero) is 1. The summed E-state index contributed by atoms with van der Waals surface area (Å²) in [5, 5.41) is 0. The summed E-state index contributed by atoms with van der Waals surface area (Å²) in [5.41, 5.74) is -0.383. The monoisotopic (exact) mass is 226 g/mol. The molecular weight excluding hydrogens is 204 g/mol. The SMILES string of the molecule is CC(=O)OCC(=O)C1(C)CCC(C)C1(C)C. The number of carbonyl (C=O) groups excluding carboxylic acids is 2. The molecule has 2 unspecified atom stereocenters. The zero-order chi connectivity index (χ0) is 12.6. The Morgan fingerprint density at radius 2 is 1.88 bits per heavy atom. The first kappa shape index (κ1) is 13.2. The van der Waals surface area contributed by atoms with Gasteiger partial charge in [-0.05, 0) is 24.2 Å². The maximum atomic E-state index is 12.2. The van der Waals surface area contributed by atoms with E-state index in [1.165, 1.54) is 6.92 Å². The number of hydrogen-bond acceptors (Lipinski definition) is 3. The first-order valence-corrected chi connectivity index (χ1v) is 5.88. The molecule has 0 aromatic heterocycles.